The molecule has 0 bridgehead atoms. The molecule has 4 heteroatoms. The first-order chi connectivity index (χ1) is 13.6. The summed E-state index contributed by atoms with van der Waals surface area (Å²) < 4.78 is 0. The zero-order valence-corrected chi connectivity index (χ0v) is 17.4. The molecule has 4 nitrogen and oxygen atoms in total. The van der Waals surface area contributed by atoms with Crippen LogP contribution in [0.3, 0.4) is 0 Å². The van der Waals surface area contributed by atoms with Crippen molar-refractivity contribution in [1.82, 2.24) is 0 Å². The number of carbonyl (C=O) groups is 2. The van der Waals surface area contributed by atoms with Crippen LogP contribution in [-0.2, 0) is 22.4 Å². The molecule has 2 aromatic rings. The van der Waals surface area contributed by atoms with Crippen molar-refractivity contribution >= 4 is 12.6 Å². The molecule has 0 saturated heterocycles. The lowest BCUT2D eigenvalue weighted by Gasteiger charge is -2.01. The molecule has 0 aromatic heterocycles. The molecule has 0 spiro atoms. The second-order valence-corrected chi connectivity index (χ2v) is 5.90. The van der Waals surface area contributed by atoms with Gasteiger partial charge in [-0.15, -0.1) is 0 Å². The van der Waals surface area contributed by atoms with Gasteiger partial charge in [0.25, 0.3) is 0 Å². The van der Waals surface area contributed by atoms with Crippen LogP contribution in [0, 0.1) is 23.8 Å². The summed E-state index contributed by atoms with van der Waals surface area (Å²) in [7, 11) is 0. The van der Waals surface area contributed by atoms with Gasteiger partial charge in [0.1, 0.15) is 12.6 Å². The monoisotopic (exact) mass is 384 g/mol. The van der Waals surface area contributed by atoms with Gasteiger partial charge in [0, 0.05) is 16.4 Å². The van der Waals surface area contributed by atoms with E-state index in [4.69, 9.17) is 14.7 Å². The van der Waals surface area contributed by atoms with Crippen LogP contribution in [0.2, 0.25) is 0 Å². The fourth-order valence-corrected chi connectivity index (χ4v) is 2.40. The summed E-state index contributed by atoms with van der Waals surface area (Å²) in [6, 6.07) is 16.7. The number of aryl methyl sites for hydroxylation is 4. The fraction of sp³-hybridized carbons (Fsp3) is 0.333. The minimum Gasteiger partial charge on any atom is -0.304 e. The third-order valence-electron chi connectivity index (χ3n) is 3.87. The van der Waals surface area contributed by atoms with Gasteiger partial charge in [-0.2, -0.15) is 0 Å². The van der Waals surface area contributed by atoms with E-state index in [1.54, 1.807) is 0 Å². The van der Waals surface area contributed by atoms with Gasteiger partial charge in [0.15, 0.2) is 0 Å². The minimum atomic E-state index is 0.630. The van der Waals surface area contributed by atoms with Gasteiger partial charge in [-0.25, -0.2) is 0 Å². The third kappa shape index (κ3) is 14.3. The van der Waals surface area contributed by atoms with Gasteiger partial charge in [0.2, 0.25) is 0 Å². The lowest BCUT2D eigenvalue weighted by atomic mass is 10.0. The van der Waals surface area contributed by atoms with Gasteiger partial charge in [-0.3, -0.25) is 0 Å². The predicted octanol–water partition coefficient (Wildman–Crippen LogP) is 5.90. The maximum atomic E-state index is 10.1. The molecule has 0 aliphatic carbocycles. The highest BCUT2D eigenvalue weighted by molar-refractivity contribution is 5.50. The quantitative estimate of drug-likeness (QED) is 0.459. The highest BCUT2D eigenvalue weighted by Crippen LogP contribution is 2.09. The van der Waals surface area contributed by atoms with Crippen molar-refractivity contribution < 1.29 is 9.59 Å². The molecule has 0 aliphatic heterocycles. The standard InChI is InChI=1S/C12H16.C10H12O.C2H4O.O2/c1-3-4-5-9-12-10-7-6-8-11(12)2;1-9-5-2-3-6-10(9)7-4-8-11;1-2-3;1-2/h3-4,6-8,10H,5,9H2,1-2H3;2-3,5-6,8H,4,7H2,1H3;2H,1H3;/b4-3+;;;. The molecule has 0 unspecified atom stereocenters. The Labute approximate surface area is 168 Å². The molecule has 0 amide bonds. The molecule has 0 fully saturated rings. The molecule has 28 heavy (non-hydrogen) atoms. The Hall–Kier alpha value is -2.88. The Morgan fingerprint density at radius 2 is 1.11 bits per heavy atom. The Morgan fingerprint density at radius 3 is 1.46 bits per heavy atom. The van der Waals surface area contributed by atoms with Crippen molar-refractivity contribution in [3.05, 3.63) is 92.9 Å². The van der Waals surface area contributed by atoms with E-state index in [0.717, 1.165) is 31.8 Å². The van der Waals surface area contributed by atoms with Crippen LogP contribution in [0.1, 0.15) is 48.9 Å². The van der Waals surface area contributed by atoms with E-state index in [-0.39, 0.29) is 0 Å². The molecule has 2 rings (SSSR count). The molecule has 2 aromatic carbocycles. The van der Waals surface area contributed by atoms with Gasteiger partial charge < -0.3 is 9.59 Å². The number of hydrogen-bond donors (Lipinski definition) is 0. The maximum Gasteiger partial charge on any atom is 0.120 e. The van der Waals surface area contributed by atoms with Crippen molar-refractivity contribution in [1.29, 1.82) is 0 Å². The minimum absolute atomic E-state index is 0.630. The first kappa shape index (κ1) is 27.3. The molecule has 0 radical (unpaired) electrons. The van der Waals surface area contributed by atoms with Gasteiger partial charge in [-0.1, -0.05) is 60.7 Å². The van der Waals surface area contributed by atoms with Crippen LogP contribution >= 0.6 is 0 Å². The van der Waals surface area contributed by atoms with Gasteiger partial charge >= 0.3 is 0 Å². The normalized spacial score (nSPS) is 9.00. The van der Waals surface area contributed by atoms with Crippen LogP contribution in [0.4, 0.5) is 0 Å². The lowest BCUT2D eigenvalue weighted by Crippen LogP contribution is -1.88. The zero-order chi connectivity index (χ0) is 21.6. The van der Waals surface area contributed by atoms with E-state index in [9.17, 15) is 4.79 Å². The molecule has 0 atom stereocenters. The van der Waals surface area contributed by atoms with Crippen LogP contribution in [0.25, 0.3) is 0 Å². The van der Waals surface area contributed by atoms with Gasteiger partial charge in [0.05, 0.1) is 0 Å². The summed E-state index contributed by atoms with van der Waals surface area (Å²) in [5, 5.41) is 0. The molecule has 0 heterocycles. The zero-order valence-electron chi connectivity index (χ0n) is 17.4. The van der Waals surface area contributed by atoms with Crippen molar-refractivity contribution in [2.75, 3.05) is 0 Å². The summed E-state index contributed by atoms with van der Waals surface area (Å²) >= 11 is 0. The third-order valence-corrected chi connectivity index (χ3v) is 3.87. The van der Waals surface area contributed by atoms with E-state index in [1.807, 2.05) is 12.1 Å². The summed E-state index contributed by atoms with van der Waals surface area (Å²) in [4.78, 5) is 32.9. The first-order valence-corrected chi connectivity index (χ1v) is 9.30. The van der Waals surface area contributed by atoms with Crippen LogP contribution in [0.5, 0.6) is 0 Å². The largest absolute Gasteiger partial charge is 0.304 e. The molecule has 0 saturated carbocycles. The highest BCUT2D eigenvalue weighted by atomic mass is 16.7. The number of rotatable bonds is 6. The van der Waals surface area contributed by atoms with Crippen molar-refractivity contribution in [3.8, 4) is 0 Å². The summed E-state index contributed by atoms with van der Waals surface area (Å²) in [5.41, 5.74) is 5.42. The molecule has 0 aliphatic rings. The van der Waals surface area contributed by atoms with E-state index >= 15 is 0 Å². The van der Waals surface area contributed by atoms with Crippen molar-refractivity contribution in [3.63, 3.8) is 0 Å². The number of carbonyl (C=O) groups excluding carboxylic acids is 2. The second kappa shape index (κ2) is 20.4. The molecule has 0 N–H and O–H groups in total. The maximum absolute atomic E-state index is 10.1. The smallest absolute Gasteiger partial charge is 0.120 e. The molecular formula is C24H32O4. The van der Waals surface area contributed by atoms with Crippen molar-refractivity contribution in [2.45, 2.75) is 53.4 Å². The topological polar surface area (TPSA) is 68.3 Å². The first-order valence-electron chi connectivity index (χ1n) is 9.30. The number of hydrogen-bond acceptors (Lipinski definition) is 4. The number of allylic oxidation sites excluding steroid dienone is 2. The molecule has 152 valence electrons. The highest BCUT2D eigenvalue weighted by Gasteiger charge is 1.94. The van der Waals surface area contributed by atoms with Crippen LogP contribution in [0.15, 0.2) is 60.7 Å². The fourth-order valence-electron chi connectivity index (χ4n) is 2.40. The van der Waals surface area contributed by atoms with Gasteiger partial charge in [-0.05, 0) is 69.2 Å². The van der Waals surface area contributed by atoms with Crippen molar-refractivity contribution in [2.24, 2.45) is 0 Å². The summed E-state index contributed by atoms with van der Waals surface area (Å²) in [6.07, 6.45) is 9.86. The molecular weight excluding hydrogens is 352 g/mol. The van der Waals surface area contributed by atoms with E-state index in [2.05, 4.69) is 69.3 Å². The number of aldehydes is 2. The number of benzene rings is 2. The Bertz CT molecular complexity index is 678. The summed E-state index contributed by atoms with van der Waals surface area (Å²) in [5.74, 6) is 0. The average Bonchev–Trinajstić information content (AvgIpc) is 2.72. The van der Waals surface area contributed by atoms with Crippen LogP contribution < -0.4 is 0 Å². The van der Waals surface area contributed by atoms with E-state index in [1.165, 1.54) is 29.2 Å². The van der Waals surface area contributed by atoms with E-state index in [0.29, 0.717) is 6.42 Å². The second-order valence-electron chi connectivity index (χ2n) is 5.90. The lowest BCUT2D eigenvalue weighted by molar-refractivity contribution is -0.108. The summed E-state index contributed by atoms with van der Waals surface area (Å²) in [6.45, 7) is 7.75. The predicted molar refractivity (Wildman–Crippen MR) is 118 cm³/mol. The Balaban J connectivity index is 0. The SMILES string of the molecule is C/C=C/CCc1ccccc1C.CC=O.Cc1ccccc1CCC=O.O=O. The average molecular weight is 385 g/mol. The van der Waals surface area contributed by atoms with Crippen LogP contribution in [-0.4, -0.2) is 12.6 Å². The van der Waals surface area contributed by atoms with E-state index < -0.39 is 0 Å². The Morgan fingerprint density at radius 1 is 0.714 bits per heavy atom. The Kier molecular flexibility index (Phi) is 20.0.